The zero-order valence-corrected chi connectivity index (χ0v) is 15.8. The number of amides is 1. The minimum absolute atomic E-state index is 0.176. The molecule has 0 saturated heterocycles. The maximum atomic E-state index is 11.7. The number of ether oxygens (including phenoxy) is 1. The number of aryl methyl sites for hydroxylation is 1. The highest BCUT2D eigenvalue weighted by Crippen LogP contribution is 2.36. The summed E-state index contributed by atoms with van der Waals surface area (Å²) >= 11 is 1.30. The fourth-order valence-electron chi connectivity index (χ4n) is 2.72. The van der Waals surface area contributed by atoms with Crippen molar-refractivity contribution < 1.29 is 9.53 Å². The Hall–Kier alpha value is -2.54. The van der Waals surface area contributed by atoms with E-state index in [1.165, 1.54) is 11.3 Å². The van der Waals surface area contributed by atoms with Crippen molar-refractivity contribution in [1.29, 1.82) is 0 Å². The SMILES string of the molecule is COc1cccc(-c2nc3sc(C(N)=O)c(C)n3c2NC(C)(C)C)c1. The lowest BCUT2D eigenvalue weighted by molar-refractivity contribution is 0.100. The van der Waals surface area contributed by atoms with Crippen molar-refractivity contribution >= 4 is 28.0 Å². The maximum absolute atomic E-state index is 11.7. The van der Waals surface area contributed by atoms with Gasteiger partial charge in [-0.3, -0.25) is 9.20 Å². The quantitative estimate of drug-likeness (QED) is 0.745. The smallest absolute Gasteiger partial charge is 0.260 e. The van der Waals surface area contributed by atoms with Crippen molar-refractivity contribution in [3.63, 3.8) is 0 Å². The van der Waals surface area contributed by atoms with E-state index in [4.69, 9.17) is 15.5 Å². The lowest BCUT2D eigenvalue weighted by Crippen LogP contribution is -2.27. The van der Waals surface area contributed by atoms with E-state index in [-0.39, 0.29) is 5.54 Å². The normalized spacial score (nSPS) is 11.7. The molecule has 0 aliphatic carbocycles. The van der Waals surface area contributed by atoms with Gasteiger partial charge in [-0.05, 0) is 39.8 Å². The molecule has 7 heteroatoms. The van der Waals surface area contributed by atoms with Crippen molar-refractivity contribution in [3.8, 4) is 17.0 Å². The second-order valence-electron chi connectivity index (χ2n) is 6.91. The Kier molecular flexibility index (Phi) is 4.20. The van der Waals surface area contributed by atoms with Gasteiger partial charge in [-0.1, -0.05) is 23.5 Å². The van der Waals surface area contributed by atoms with Gasteiger partial charge >= 0.3 is 0 Å². The molecule has 0 fully saturated rings. The molecule has 0 unspecified atom stereocenters. The number of fused-ring (bicyclic) bond motifs is 1. The van der Waals surface area contributed by atoms with Crippen LogP contribution in [0.5, 0.6) is 5.75 Å². The van der Waals surface area contributed by atoms with Crippen LogP contribution in [0.2, 0.25) is 0 Å². The number of thiazole rings is 1. The Bertz CT molecular complexity index is 950. The van der Waals surface area contributed by atoms with Crippen molar-refractivity contribution in [2.24, 2.45) is 5.73 Å². The highest BCUT2D eigenvalue weighted by Gasteiger charge is 2.24. The van der Waals surface area contributed by atoms with E-state index in [1.807, 2.05) is 35.6 Å². The second-order valence-corrected chi connectivity index (χ2v) is 7.89. The molecule has 132 valence electrons. The molecule has 0 bridgehead atoms. The molecule has 1 amide bonds. The molecule has 3 N–H and O–H groups in total. The van der Waals surface area contributed by atoms with Gasteiger partial charge in [0.2, 0.25) is 0 Å². The molecule has 2 heterocycles. The Balaban J connectivity index is 2.27. The maximum Gasteiger partial charge on any atom is 0.260 e. The van der Waals surface area contributed by atoms with Crippen LogP contribution >= 0.6 is 11.3 Å². The first-order chi connectivity index (χ1) is 11.7. The number of nitrogens with one attached hydrogen (secondary N) is 1. The Morgan fingerprint density at radius 2 is 2.08 bits per heavy atom. The van der Waals surface area contributed by atoms with Gasteiger partial charge in [0.15, 0.2) is 4.96 Å². The van der Waals surface area contributed by atoms with Gasteiger partial charge in [0.05, 0.1) is 7.11 Å². The summed E-state index contributed by atoms with van der Waals surface area (Å²) in [7, 11) is 1.64. The third-order valence-corrected chi connectivity index (χ3v) is 4.92. The van der Waals surface area contributed by atoms with Crippen molar-refractivity contribution in [2.45, 2.75) is 33.2 Å². The van der Waals surface area contributed by atoms with Gasteiger partial charge < -0.3 is 15.8 Å². The van der Waals surface area contributed by atoms with Crippen LogP contribution in [0.15, 0.2) is 24.3 Å². The van der Waals surface area contributed by atoms with Gasteiger partial charge in [-0.25, -0.2) is 4.98 Å². The number of benzene rings is 1. The van der Waals surface area contributed by atoms with Gasteiger partial charge in [0.1, 0.15) is 22.1 Å². The molecule has 25 heavy (non-hydrogen) atoms. The van der Waals surface area contributed by atoms with E-state index in [0.717, 1.165) is 33.5 Å². The molecule has 0 aliphatic heterocycles. The summed E-state index contributed by atoms with van der Waals surface area (Å²) in [5.74, 6) is 1.18. The molecule has 0 saturated carbocycles. The average molecular weight is 358 g/mol. The third-order valence-electron chi connectivity index (χ3n) is 3.76. The van der Waals surface area contributed by atoms with Crippen LogP contribution in [-0.4, -0.2) is 27.9 Å². The average Bonchev–Trinajstić information content (AvgIpc) is 3.04. The molecule has 0 radical (unpaired) electrons. The van der Waals surface area contributed by atoms with Crippen LogP contribution in [0.25, 0.3) is 16.2 Å². The first-order valence-electron chi connectivity index (χ1n) is 7.95. The molecule has 0 atom stereocenters. The first kappa shape index (κ1) is 17.3. The number of nitrogens with two attached hydrogens (primary N) is 1. The van der Waals surface area contributed by atoms with Crippen LogP contribution in [0.3, 0.4) is 0 Å². The van der Waals surface area contributed by atoms with E-state index in [2.05, 4.69) is 26.1 Å². The van der Waals surface area contributed by atoms with E-state index in [0.29, 0.717) is 4.88 Å². The van der Waals surface area contributed by atoms with E-state index >= 15 is 0 Å². The molecule has 3 aromatic rings. The molecule has 3 rings (SSSR count). The highest BCUT2D eigenvalue weighted by atomic mass is 32.1. The summed E-state index contributed by atoms with van der Waals surface area (Å²) in [5, 5.41) is 3.52. The number of anilines is 1. The molecular formula is C18H22N4O2S. The molecule has 6 nitrogen and oxygen atoms in total. The number of nitrogens with zero attached hydrogens (tertiary/aromatic N) is 2. The summed E-state index contributed by atoms with van der Waals surface area (Å²) in [5.41, 5.74) is 7.88. The van der Waals surface area contributed by atoms with Crippen LogP contribution in [-0.2, 0) is 0 Å². The van der Waals surface area contributed by atoms with E-state index in [1.54, 1.807) is 7.11 Å². The van der Waals surface area contributed by atoms with Crippen LogP contribution in [0, 0.1) is 6.92 Å². The summed E-state index contributed by atoms with van der Waals surface area (Å²) in [4.78, 5) is 17.7. The number of hydrogen-bond acceptors (Lipinski definition) is 5. The zero-order valence-electron chi connectivity index (χ0n) is 15.0. The number of imidazole rings is 1. The van der Waals surface area contributed by atoms with E-state index < -0.39 is 5.91 Å². The Labute approximate surface area is 150 Å². The monoisotopic (exact) mass is 358 g/mol. The largest absolute Gasteiger partial charge is 0.497 e. The van der Waals surface area contributed by atoms with Crippen LogP contribution < -0.4 is 15.8 Å². The Morgan fingerprint density at radius 3 is 2.68 bits per heavy atom. The van der Waals surface area contributed by atoms with E-state index in [9.17, 15) is 4.79 Å². The number of carbonyl (C=O) groups excluding carboxylic acids is 1. The molecule has 1 aromatic carbocycles. The summed E-state index contributed by atoms with van der Waals surface area (Å²) < 4.78 is 7.30. The fourth-order valence-corrected chi connectivity index (χ4v) is 3.70. The molecule has 0 aliphatic rings. The van der Waals surface area contributed by atoms with Crippen LogP contribution in [0.4, 0.5) is 5.82 Å². The van der Waals surface area contributed by atoms with Crippen LogP contribution in [0.1, 0.15) is 36.1 Å². The summed E-state index contributed by atoms with van der Waals surface area (Å²) in [6, 6.07) is 7.77. The molecular weight excluding hydrogens is 336 g/mol. The number of hydrogen-bond donors (Lipinski definition) is 2. The predicted molar refractivity (Wildman–Crippen MR) is 102 cm³/mol. The number of aromatic nitrogens is 2. The molecule has 2 aromatic heterocycles. The summed E-state index contributed by atoms with van der Waals surface area (Å²) in [6.07, 6.45) is 0. The lowest BCUT2D eigenvalue weighted by atomic mass is 10.1. The van der Waals surface area contributed by atoms with Crippen molar-refractivity contribution in [1.82, 2.24) is 9.38 Å². The molecule has 0 spiro atoms. The third kappa shape index (κ3) is 3.19. The van der Waals surface area contributed by atoms with Gasteiger partial charge in [-0.15, -0.1) is 0 Å². The lowest BCUT2D eigenvalue weighted by Gasteiger charge is -2.22. The van der Waals surface area contributed by atoms with Gasteiger partial charge in [-0.2, -0.15) is 0 Å². The van der Waals surface area contributed by atoms with Gasteiger partial charge in [0, 0.05) is 16.8 Å². The topological polar surface area (TPSA) is 81.7 Å². The first-order valence-corrected chi connectivity index (χ1v) is 8.77. The number of methoxy groups -OCH3 is 1. The summed E-state index contributed by atoms with van der Waals surface area (Å²) in [6.45, 7) is 8.13. The predicted octanol–water partition coefficient (Wildman–Crippen LogP) is 3.69. The fraction of sp³-hybridized carbons (Fsp3) is 0.333. The van der Waals surface area contributed by atoms with Gasteiger partial charge in [0.25, 0.3) is 5.91 Å². The minimum atomic E-state index is -0.433. The Morgan fingerprint density at radius 1 is 1.36 bits per heavy atom. The highest BCUT2D eigenvalue weighted by molar-refractivity contribution is 7.19. The number of carbonyl (C=O) groups is 1. The standard InChI is InChI=1S/C18H22N4O2S/c1-10-14(15(19)23)25-17-20-13(11-7-6-8-12(9-11)24-5)16(22(10)17)21-18(2,3)4/h6-9,21H,1-5H3,(H2,19,23). The van der Waals surface area contributed by atoms with Crippen molar-refractivity contribution in [3.05, 3.63) is 34.8 Å². The second kappa shape index (κ2) is 6.07. The number of primary amides is 1. The number of rotatable bonds is 4. The zero-order chi connectivity index (χ0) is 18.4. The van der Waals surface area contributed by atoms with Crippen molar-refractivity contribution in [2.75, 3.05) is 12.4 Å². The minimum Gasteiger partial charge on any atom is -0.497 e.